The maximum absolute atomic E-state index is 11.8. The smallest absolute Gasteiger partial charge is 0.267 e. The SMILES string of the molecule is O=C(NCCc1ccc(O)c(Br)c1)c1cc(Br)c[nH]1. The van der Waals surface area contributed by atoms with Gasteiger partial charge in [0.2, 0.25) is 0 Å². The van der Waals surface area contributed by atoms with E-state index >= 15 is 0 Å². The van der Waals surface area contributed by atoms with Crippen LogP contribution in [0.2, 0.25) is 0 Å². The minimum atomic E-state index is -0.136. The molecular formula is C13H12Br2N2O2. The average molecular weight is 388 g/mol. The van der Waals surface area contributed by atoms with Crippen molar-refractivity contribution in [3.8, 4) is 5.75 Å². The molecule has 0 bridgehead atoms. The number of rotatable bonds is 4. The molecule has 4 nitrogen and oxygen atoms in total. The molecule has 0 fully saturated rings. The Morgan fingerprint density at radius 1 is 1.32 bits per heavy atom. The Bertz CT molecular complexity index is 596. The molecule has 0 saturated heterocycles. The van der Waals surface area contributed by atoms with Gasteiger partial charge in [0.25, 0.3) is 5.91 Å². The van der Waals surface area contributed by atoms with Crippen LogP contribution in [-0.2, 0) is 6.42 Å². The molecule has 2 rings (SSSR count). The molecule has 100 valence electrons. The van der Waals surface area contributed by atoms with Crippen LogP contribution in [0.25, 0.3) is 0 Å². The van der Waals surface area contributed by atoms with E-state index < -0.39 is 0 Å². The molecule has 1 heterocycles. The Labute approximate surface area is 127 Å². The lowest BCUT2D eigenvalue weighted by atomic mass is 10.1. The molecule has 1 amide bonds. The molecule has 0 spiro atoms. The first-order valence-electron chi connectivity index (χ1n) is 5.66. The van der Waals surface area contributed by atoms with Gasteiger partial charge in [-0.05, 0) is 62.0 Å². The molecule has 0 atom stereocenters. The lowest BCUT2D eigenvalue weighted by molar-refractivity contribution is 0.0950. The lowest BCUT2D eigenvalue weighted by Gasteiger charge is -2.05. The van der Waals surface area contributed by atoms with Crippen LogP contribution in [0, 0.1) is 0 Å². The Hall–Kier alpha value is -1.27. The van der Waals surface area contributed by atoms with E-state index in [9.17, 15) is 9.90 Å². The number of benzene rings is 1. The van der Waals surface area contributed by atoms with E-state index in [-0.39, 0.29) is 11.7 Å². The summed E-state index contributed by atoms with van der Waals surface area (Å²) in [5, 5.41) is 12.2. The van der Waals surface area contributed by atoms with E-state index in [1.165, 1.54) is 0 Å². The molecule has 1 aromatic carbocycles. The van der Waals surface area contributed by atoms with Crippen LogP contribution in [0.15, 0.2) is 39.4 Å². The van der Waals surface area contributed by atoms with Gasteiger partial charge in [-0.1, -0.05) is 6.07 Å². The molecule has 0 unspecified atom stereocenters. The normalized spacial score (nSPS) is 10.4. The van der Waals surface area contributed by atoms with Crippen molar-refractivity contribution in [3.63, 3.8) is 0 Å². The Morgan fingerprint density at radius 3 is 2.74 bits per heavy atom. The molecule has 19 heavy (non-hydrogen) atoms. The zero-order valence-electron chi connectivity index (χ0n) is 9.91. The van der Waals surface area contributed by atoms with Crippen LogP contribution >= 0.6 is 31.9 Å². The van der Waals surface area contributed by atoms with Crippen molar-refractivity contribution < 1.29 is 9.90 Å². The molecule has 0 radical (unpaired) electrons. The van der Waals surface area contributed by atoms with Gasteiger partial charge in [0.1, 0.15) is 11.4 Å². The quantitative estimate of drug-likeness (QED) is 0.754. The van der Waals surface area contributed by atoms with Crippen molar-refractivity contribution >= 4 is 37.8 Å². The van der Waals surface area contributed by atoms with Crippen molar-refractivity contribution in [2.24, 2.45) is 0 Å². The second kappa shape index (κ2) is 6.25. The van der Waals surface area contributed by atoms with E-state index in [0.29, 0.717) is 23.1 Å². The lowest BCUT2D eigenvalue weighted by Crippen LogP contribution is -2.25. The third-order valence-electron chi connectivity index (χ3n) is 2.60. The van der Waals surface area contributed by atoms with Gasteiger partial charge in [0.05, 0.1) is 4.47 Å². The summed E-state index contributed by atoms with van der Waals surface area (Å²) < 4.78 is 1.50. The van der Waals surface area contributed by atoms with E-state index in [2.05, 4.69) is 42.2 Å². The summed E-state index contributed by atoms with van der Waals surface area (Å²) in [4.78, 5) is 14.6. The zero-order valence-corrected chi connectivity index (χ0v) is 13.1. The van der Waals surface area contributed by atoms with Crippen molar-refractivity contribution in [1.29, 1.82) is 0 Å². The molecule has 2 aromatic rings. The maximum atomic E-state index is 11.8. The second-order valence-corrected chi connectivity index (χ2v) is 5.79. The molecule has 1 aromatic heterocycles. The molecule has 6 heteroatoms. The molecule has 0 saturated carbocycles. The van der Waals surface area contributed by atoms with Gasteiger partial charge < -0.3 is 15.4 Å². The summed E-state index contributed by atoms with van der Waals surface area (Å²) in [7, 11) is 0. The summed E-state index contributed by atoms with van der Waals surface area (Å²) in [5.74, 6) is 0.0764. The van der Waals surface area contributed by atoms with E-state index in [4.69, 9.17) is 0 Å². The number of H-pyrrole nitrogens is 1. The highest BCUT2D eigenvalue weighted by Crippen LogP contribution is 2.24. The maximum Gasteiger partial charge on any atom is 0.267 e. The van der Waals surface area contributed by atoms with Crippen LogP contribution in [0.5, 0.6) is 5.75 Å². The molecule has 3 N–H and O–H groups in total. The fraction of sp³-hybridized carbons (Fsp3) is 0.154. The number of carbonyl (C=O) groups excluding carboxylic acids is 1. The number of amides is 1. The predicted molar refractivity (Wildman–Crippen MR) is 80.3 cm³/mol. The number of aromatic nitrogens is 1. The first-order valence-corrected chi connectivity index (χ1v) is 7.24. The van der Waals surface area contributed by atoms with Crippen LogP contribution in [0.4, 0.5) is 0 Å². The number of nitrogens with one attached hydrogen (secondary N) is 2. The minimum absolute atomic E-state index is 0.136. The van der Waals surface area contributed by atoms with E-state index in [1.54, 1.807) is 18.3 Å². The Kier molecular flexibility index (Phi) is 4.66. The first kappa shape index (κ1) is 14.1. The van der Waals surface area contributed by atoms with Gasteiger partial charge in [-0.3, -0.25) is 4.79 Å². The number of hydrogen-bond donors (Lipinski definition) is 3. The molecular weight excluding hydrogens is 376 g/mol. The summed E-state index contributed by atoms with van der Waals surface area (Å²) in [6.45, 7) is 0.534. The summed E-state index contributed by atoms with van der Waals surface area (Å²) in [6.07, 6.45) is 2.42. The van der Waals surface area contributed by atoms with Crippen molar-refractivity contribution in [2.75, 3.05) is 6.54 Å². The highest BCUT2D eigenvalue weighted by Gasteiger charge is 2.07. The van der Waals surface area contributed by atoms with Gasteiger partial charge in [0.15, 0.2) is 0 Å². The van der Waals surface area contributed by atoms with Crippen LogP contribution < -0.4 is 5.32 Å². The largest absolute Gasteiger partial charge is 0.507 e. The number of hydrogen-bond acceptors (Lipinski definition) is 2. The summed E-state index contributed by atoms with van der Waals surface area (Å²) in [5.41, 5.74) is 1.57. The molecule has 0 aliphatic heterocycles. The van der Waals surface area contributed by atoms with Gasteiger partial charge in [-0.2, -0.15) is 0 Å². The van der Waals surface area contributed by atoms with Crippen LogP contribution in [-0.4, -0.2) is 22.5 Å². The van der Waals surface area contributed by atoms with Gasteiger partial charge in [-0.15, -0.1) is 0 Å². The van der Waals surface area contributed by atoms with Crippen molar-refractivity contribution in [2.45, 2.75) is 6.42 Å². The van der Waals surface area contributed by atoms with E-state index in [1.807, 2.05) is 12.1 Å². The number of halogens is 2. The fourth-order valence-corrected chi connectivity index (χ4v) is 2.39. The van der Waals surface area contributed by atoms with E-state index in [0.717, 1.165) is 10.0 Å². The topological polar surface area (TPSA) is 65.1 Å². The monoisotopic (exact) mass is 386 g/mol. The number of phenols is 1. The molecule has 0 aliphatic rings. The number of aromatic amines is 1. The van der Waals surface area contributed by atoms with Gasteiger partial charge in [-0.25, -0.2) is 0 Å². The van der Waals surface area contributed by atoms with Crippen molar-refractivity contribution in [1.82, 2.24) is 10.3 Å². The Morgan fingerprint density at radius 2 is 2.11 bits per heavy atom. The third kappa shape index (κ3) is 3.84. The van der Waals surface area contributed by atoms with Gasteiger partial charge >= 0.3 is 0 Å². The highest BCUT2D eigenvalue weighted by molar-refractivity contribution is 9.10. The minimum Gasteiger partial charge on any atom is -0.507 e. The standard InChI is InChI=1S/C13H12Br2N2O2/c14-9-6-11(17-7-9)13(19)16-4-3-8-1-2-12(18)10(15)5-8/h1-2,5-7,17-18H,3-4H2,(H,16,19). The number of aromatic hydroxyl groups is 1. The summed E-state index contributed by atoms with van der Waals surface area (Å²) in [6, 6.07) is 7.03. The van der Waals surface area contributed by atoms with Gasteiger partial charge in [0, 0.05) is 17.2 Å². The zero-order chi connectivity index (χ0) is 13.8. The average Bonchev–Trinajstić information content (AvgIpc) is 2.80. The van der Waals surface area contributed by atoms with Crippen LogP contribution in [0.3, 0.4) is 0 Å². The number of carbonyl (C=O) groups is 1. The third-order valence-corrected chi connectivity index (χ3v) is 3.70. The highest BCUT2D eigenvalue weighted by atomic mass is 79.9. The first-order chi connectivity index (χ1) is 9.06. The molecule has 0 aliphatic carbocycles. The predicted octanol–water partition coefficient (Wildman–Crippen LogP) is 3.22. The fourth-order valence-electron chi connectivity index (χ4n) is 1.62. The van der Waals surface area contributed by atoms with Crippen LogP contribution in [0.1, 0.15) is 16.1 Å². The number of phenolic OH excluding ortho intramolecular Hbond substituents is 1. The Balaban J connectivity index is 1.86. The van der Waals surface area contributed by atoms with Crippen molar-refractivity contribution in [3.05, 3.63) is 50.7 Å². The summed E-state index contributed by atoms with van der Waals surface area (Å²) >= 11 is 6.54. The second-order valence-electron chi connectivity index (χ2n) is 4.02.